The zero-order chi connectivity index (χ0) is 8.81. The molecule has 1 rings (SSSR count). The molecule has 1 heterocycles. The molecular weight excluding hydrogens is 156 g/mol. The summed E-state index contributed by atoms with van der Waals surface area (Å²) in [6.45, 7) is 2.91. The Morgan fingerprint density at radius 3 is 3.08 bits per heavy atom. The smallest absolute Gasteiger partial charge is 0.154 e. The average Bonchev–Trinajstić information content (AvgIpc) is 2.15. The first kappa shape index (κ1) is 9.09. The normalized spacial score (nSPS) is 10.2. The maximum Gasteiger partial charge on any atom is 0.154 e. The number of aromatic nitrogens is 2. The van der Waals surface area contributed by atoms with Crippen LogP contribution in [0.1, 0.15) is 18.4 Å². The summed E-state index contributed by atoms with van der Waals surface area (Å²) < 4.78 is 5.11. The predicted molar refractivity (Wildman–Crippen MR) is 43.3 cm³/mol. The van der Waals surface area contributed by atoms with Gasteiger partial charge in [-0.25, -0.2) is 9.97 Å². The van der Waals surface area contributed by atoms with E-state index in [0.29, 0.717) is 24.7 Å². The average molecular weight is 168 g/mol. The predicted octanol–water partition coefficient (Wildman–Crippen LogP) is 0.505. The largest absolute Gasteiger partial charge is 0.390 e. The van der Waals surface area contributed by atoms with Gasteiger partial charge in [0, 0.05) is 12.8 Å². The number of hydrogen-bond acceptors (Lipinski definition) is 4. The van der Waals surface area contributed by atoms with Gasteiger partial charge in [-0.2, -0.15) is 0 Å². The van der Waals surface area contributed by atoms with E-state index in [1.165, 1.54) is 0 Å². The highest BCUT2D eigenvalue weighted by atomic mass is 16.5. The molecule has 4 heteroatoms. The van der Waals surface area contributed by atoms with E-state index < -0.39 is 0 Å². The summed E-state index contributed by atoms with van der Waals surface area (Å²) in [5.41, 5.74) is 0.625. The number of ether oxygens (including phenoxy) is 1. The molecule has 0 amide bonds. The van der Waals surface area contributed by atoms with Crippen LogP contribution in [-0.2, 0) is 18.0 Å². The summed E-state index contributed by atoms with van der Waals surface area (Å²) in [5.74, 6) is 0.614. The van der Waals surface area contributed by atoms with Gasteiger partial charge in [-0.1, -0.05) is 0 Å². The van der Waals surface area contributed by atoms with Crippen molar-refractivity contribution in [3.05, 3.63) is 23.8 Å². The van der Waals surface area contributed by atoms with Crippen molar-refractivity contribution in [1.82, 2.24) is 9.97 Å². The zero-order valence-corrected chi connectivity index (χ0v) is 7.03. The van der Waals surface area contributed by atoms with Gasteiger partial charge in [-0.05, 0) is 13.0 Å². The summed E-state index contributed by atoms with van der Waals surface area (Å²) >= 11 is 0. The second kappa shape index (κ2) is 4.79. The van der Waals surface area contributed by atoms with Crippen molar-refractivity contribution in [2.75, 3.05) is 6.61 Å². The van der Waals surface area contributed by atoms with Crippen LogP contribution in [0.4, 0.5) is 0 Å². The first-order valence-corrected chi connectivity index (χ1v) is 3.86. The molecule has 0 aromatic carbocycles. The third-order valence-electron chi connectivity index (χ3n) is 1.36. The topological polar surface area (TPSA) is 55.2 Å². The van der Waals surface area contributed by atoms with Crippen LogP contribution in [0.15, 0.2) is 12.3 Å². The number of rotatable bonds is 4. The second-order valence-corrected chi connectivity index (χ2v) is 2.26. The third kappa shape index (κ3) is 2.56. The van der Waals surface area contributed by atoms with Crippen LogP contribution in [0.25, 0.3) is 0 Å². The van der Waals surface area contributed by atoms with Gasteiger partial charge in [0.2, 0.25) is 0 Å². The van der Waals surface area contributed by atoms with Crippen LogP contribution in [-0.4, -0.2) is 21.7 Å². The molecule has 0 aliphatic heterocycles. The minimum absolute atomic E-state index is 0.0539. The van der Waals surface area contributed by atoms with E-state index in [-0.39, 0.29) is 6.61 Å². The molecule has 0 aliphatic rings. The summed E-state index contributed by atoms with van der Waals surface area (Å²) in [7, 11) is 0. The Balaban J connectivity index is 2.60. The number of aliphatic hydroxyl groups excluding tert-OH is 1. The van der Waals surface area contributed by atoms with E-state index in [0.717, 1.165) is 0 Å². The highest BCUT2D eigenvalue weighted by molar-refractivity contribution is 5.00. The maximum atomic E-state index is 8.76. The molecule has 1 aromatic rings. The van der Waals surface area contributed by atoms with Gasteiger partial charge in [0.1, 0.15) is 6.61 Å². The van der Waals surface area contributed by atoms with Crippen molar-refractivity contribution in [3.8, 4) is 0 Å². The molecule has 0 bridgehead atoms. The molecule has 1 N–H and O–H groups in total. The summed E-state index contributed by atoms with van der Waals surface area (Å²) in [5, 5.41) is 8.76. The van der Waals surface area contributed by atoms with Crippen LogP contribution in [0.3, 0.4) is 0 Å². The first-order valence-electron chi connectivity index (χ1n) is 3.86. The first-order chi connectivity index (χ1) is 5.86. The SMILES string of the molecule is CCOCc1nccc(CO)n1. The Morgan fingerprint density at radius 1 is 1.58 bits per heavy atom. The molecule has 0 radical (unpaired) electrons. The van der Waals surface area contributed by atoms with Crippen molar-refractivity contribution in [3.63, 3.8) is 0 Å². The quantitative estimate of drug-likeness (QED) is 0.711. The van der Waals surface area contributed by atoms with Gasteiger partial charge in [0.15, 0.2) is 5.82 Å². The minimum atomic E-state index is -0.0539. The van der Waals surface area contributed by atoms with Crippen LogP contribution in [0, 0.1) is 0 Å². The Morgan fingerprint density at radius 2 is 2.42 bits per heavy atom. The van der Waals surface area contributed by atoms with E-state index in [2.05, 4.69) is 9.97 Å². The number of aliphatic hydroxyl groups is 1. The molecule has 1 aromatic heterocycles. The van der Waals surface area contributed by atoms with Gasteiger partial charge >= 0.3 is 0 Å². The lowest BCUT2D eigenvalue weighted by Crippen LogP contribution is -2.01. The monoisotopic (exact) mass is 168 g/mol. The molecule has 0 saturated heterocycles. The molecule has 0 fully saturated rings. The molecular formula is C8H12N2O2. The van der Waals surface area contributed by atoms with Crippen molar-refractivity contribution < 1.29 is 9.84 Å². The highest BCUT2D eigenvalue weighted by Gasteiger charge is 1.96. The molecule has 0 atom stereocenters. The minimum Gasteiger partial charge on any atom is -0.390 e. The Labute approximate surface area is 71.2 Å². The second-order valence-electron chi connectivity index (χ2n) is 2.26. The van der Waals surface area contributed by atoms with E-state index in [1.54, 1.807) is 12.3 Å². The van der Waals surface area contributed by atoms with E-state index in [4.69, 9.17) is 9.84 Å². The van der Waals surface area contributed by atoms with Crippen molar-refractivity contribution in [2.24, 2.45) is 0 Å². The molecule has 0 saturated carbocycles. The zero-order valence-electron chi connectivity index (χ0n) is 7.03. The Kier molecular flexibility index (Phi) is 3.63. The van der Waals surface area contributed by atoms with Gasteiger partial charge in [0.05, 0.1) is 12.3 Å². The van der Waals surface area contributed by atoms with Crippen molar-refractivity contribution in [2.45, 2.75) is 20.1 Å². The van der Waals surface area contributed by atoms with Crippen LogP contribution < -0.4 is 0 Å². The lowest BCUT2D eigenvalue weighted by molar-refractivity contribution is 0.127. The van der Waals surface area contributed by atoms with Crippen molar-refractivity contribution in [1.29, 1.82) is 0 Å². The van der Waals surface area contributed by atoms with Gasteiger partial charge in [0.25, 0.3) is 0 Å². The fourth-order valence-electron chi connectivity index (χ4n) is 0.792. The van der Waals surface area contributed by atoms with Gasteiger partial charge in [-0.15, -0.1) is 0 Å². The number of nitrogens with zero attached hydrogens (tertiary/aromatic N) is 2. The van der Waals surface area contributed by atoms with Crippen molar-refractivity contribution >= 4 is 0 Å². The number of hydrogen-bond donors (Lipinski definition) is 1. The Hall–Kier alpha value is -1.00. The maximum absolute atomic E-state index is 8.76. The standard InChI is InChI=1S/C8H12N2O2/c1-2-12-6-8-9-4-3-7(5-11)10-8/h3-4,11H,2,5-6H2,1H3. The van der Waals surface area contributed by atoms with Gasteiger partial charge in [-0.3, -0.25) is 0 Å². The third-order valence-corrected chi connectivity index (χ3v) is 1.36. The van der Waals surface area contributed by atoms with Crippen LogP contribution in [0.2, 0.25) is 0 Å². The fraction of sp³-hybridized carbons (Fsp3) is 0.500. The summed E-state index contributed by atoms with van der Waals surface area (Å²) in [6.07, 6.45) is 1.62. The van der Waals surface area contributed by atoms with Crippen LogP contribution in [0.5, 0.6) is 0 Å². The summed E-state index contributed by atoms with van der Waals surface area (Å²) in [4.78, 5) is 8.02. The molecule has 4 nitrogen and oxygen atoms in total. The Bertz CT molecular complexity index is 240. The fourth-order valence-corrected chi connectivity index (χ4v) is 0.792. The molecule has 0 aliphatic carbocycles. The molecule has 66 valence electrons. The molecule has 0 unspecified atom stereocenters. The molecule has 12 heavy (non-hydrogen) atoms. The van der Waals surface area contributed by atoms with Gasteiger partial charge < -0.3 is 9.84 Å². The lowest BCUT2D eigenvalue weighted by Gasteiger charge is -2.00. The van der Waals surface area contributed by atoms with E-state index in [9.17, 15) is 0 Å². The lowest BCUT2D eigenvalue weighted by atomic mass is 10.4. The van der Waals surface area contributed by atoms with E-state index >= 15 is 0 Å². The van der Waals surface area contributed by atoms with Crippen LogP contribution >= 0.6 is 0 Å². The highest BCUT2D eigenvalue weighted by Crippen LogP contribution is 1.96. The summed E-state index contributed by atoms with van der Waals surface area (Å²) in [6, 6.07) is 1.68. The van der Waals surface area contributed by atoms with E-state index in [1.807, 2.05) is 6.92 Å². The molecule has 0 spiro atoms.